The van der Waals surface area contributed by atoms with Crippen molar-refractivity contribution in [1.82, 2.24) is 9.66 Å². The number of amides is 1. The van der Waals surface area contributed by atoms with E-state index in [2.05, 4.69) is 39.3 Å². The Balaban J connectivity index is 2.09. The fourth-order valence-electron chi connectivity index (χ4n) is 2.96. The number of fused-ring (bicyclic) bond motifs is 1. The monoisotopic (exact) mass is 423 g/mol. The molecule has 6 nitrogen and oxygen atoms in total. The topological polar surface area (TPSA) is 73.2 Å². The number of benzene rings is 2. The van der Waals surface area contributed by atoms with E-state index in [-0.39, 0.29) is 16.5 Å². The summed E-state index contributed by atoms with van der Waals surface area (Å²) in [6, 6.07) is 15.9. The van der Waals surface area contributed by atoms with Gasteiger partial charge < -0.3 is 4.43 Å². The predicted molar refractivity (Wildman–Crippen MR) is 123 cm³/mol. The van der Waals surface area contributed by atoms with Crippen molar-refractivity contribution in [2.45, 2.75) is 51.9 Å². The van der Waals surface area contributed by atoms with E-state index in [1.165, 1.54) is 4.68 Å². The van der Waals surface area contributed by atoms with Gasteiger partial charge >= 0.3 is 0 Å². The number of nitrogens with one attached hydrogen (secondary N) is 1. The van der Waals surface area contributed by atoms with Crippen molar-refractivity contribution < 1.29 is 9.22 Å². The predicted octanol–water partition coefficient (Wildman–Crippen LogP) is 4.86. The maximum atomic E-state index is 13.2. The first-order valence-corrected chi connectivity index (χ1v) is 13.0. The van der Waals surface area contributed by atoms with Gasteiger partial charge in [-0.3, -0.25) is 15.0 Å². The number of carbonyl (C=O) groups excluding carboxylic acids is 1. The van der Waals surface area contributed by atoms with E-state index < -0.39 is 14.4 Å². The molecule has 1 heterocycles. The minimum absolute atomic E-state index is 0.00345. The lowest BCUT2D eigenvalue weighted by Crippen LogP contribution is -2.43. The molecule has 0 saturated heterocycles. The van der Waals surface area contributed by atoms with Crippen LogP contribution in [0.5, 0.6) is 0 Å². The fourth-order valence-corrected chi connectivity index (χ4v) is 4.30. The number of rotatable bonds is 5. The van der Waals surface area contributed by atoms with Gasteiger partial charge in [-0.25, -0.2) is 4.98 Å². The largest absolute Gasteiger partial charge is 0.407 e. The van der Waals surface area contributed by atoms with Crippen LogP contribution in [0.1, 0.15) is 50.0 Å². The summed E-state index contributed by atoms with van der Waals surface area (Å²) in [4.78, 5) is 30.7. The van der Waals surface area contributed by atoms with Crippen molar-refractivity contribution >= 4 is 25.1 Å². The highest BCUT2D eigenvalue weighted by atomic mass is 28.4. The first kappa shape index (κ1) is 21.9. The number of hydrogen-bond donors (Lipinski definition) is 1. The molecule has 30 heavy (non-hydrogen) atoms. The molecule has 7 heteroatoms. The molecule has 1 amide bonds. The lowest BCUT2D eigenvalue weighted by molar-refractivity contribution is 0.100. The first-order chi connectivity index (χ1) is 14.0. The third kappa shape index (κ3) is 4.37. The third-order valence-electron chi connectivity index (χ3n) is 5.69. The third-order valence-corrected chi connectivity index (χ3v) is 10.2. The molecule has 0 unspecified atom stereocenters. The summed E-state index contributed by atoms with van der Waals surface area (Å²) in [6.07, 6.45) is -0.473. The number of aromatic nitrogens is 2. The zero-order chi connectivity index (χ0) is 22.1. The van der Waals surface area contributed by atoms with Crippen LogP contribution in [0.3, 0.4) is 0 Å². The van der Waals surface area contributed by atoms with E-state index in [0.717, 1.165) is 0 Å². The highest BCUT2D eigenvalue weighted by Crippen LogP contribution is 2.39. The average Bonchev–Trinajstić information content (AvgIpc) is 2.69. The highest BCUT2D eigenvalue weighted by Gasteiger charge is 2.39. The van der Waals surface area contributed by atoms with E-state index in [9.17, 15) is 9.59 Å². The summed E-state index contributed by atoms with van der Waals surface area (Å²) in [7, 11) is -2.13. The van der Waals surface area contributed by atoms with Crippen molar-refractivity contribution in [3.63, 3.8) is 0 Å². The quantitative estimate of drug-likeness (QED) is 0.595. The van der Waals surface area contributed by atoms with Gasteiger partial charge in [0.05, 0.1) is 10.9 Å². The van der Waals surface area contributed by atoms with E-state index in [1.54, 1.807) is 42.5 Å². The summed E-state index contributed by atoms with van der Waals surface area (Å²) in [5.41, 5.74) is 3.44. The minimum atomic E-state index is -2.13. The molecule has 0 bridgehead atoms. The van der Waals surface area contributed by atoms with E-state index in [0.29, 0.717) is 22.3 Å². The van der Waals surface area contributed by atoms with Crippen LogP contribution in [0.15, 0.2) is 59.4 Å². The molecule has 3 aromatic rings. The van der Waals surface area contributed by atoms with Crippen LogP contribution < -0.4 is 11.0 Å². The van der Waals surface area contributed by atoms with Gasteiger partial charge in [-0.2, -0.15) is 4.68 Å². The van der Waals surface area contributed by atoms with Gasteiger partial charge in [-0.05, 0) is 49.3 Å². The fraction of sp³-hybridized carbons (Fsp3) is 0.348. The van der Waals surface area contributed by atoms with Gasteiger partial charge in [0.1, 0.15) is 6.10 Å². The molecule has 0 saturated carbocycles. The lowest BCUT2D eigenvalue weighted by atomic mass is 10.2. The number of nitrogens with zero attached hydrogens (tertiary/aromatic N) is 2. The van der Waals surface area contributed by atoms with E-state index in [4.69, 9.17) is 9.41 Å². The molecule has 1 aromatic heterocycles. The smallest absolute Gasteiger partial charge is 0.280 e. The second-order valence-electron chi connectivity index (χ2n) is 8.96. The molecule has 0 fully saturated rings. The van der Waals surface area contributed by atoms with Gasteiger partial charge in [0.15, 0.2) is 14.1 Å². The minimum Gasteiger partial charge on any atom is -0.407 e. The zero-order valence-corrected chi connectivity index (χ0v) is 19.4. The SMILES string of the molecule is C[C@@H](O[Si](C)(C)C(C)(C)C)c1nc2ccccc2c(=O)n1NC(=O)c1ccccc1. The van der Waals surface area contributed by atoms with E-state index >= 15 is 0 Å². The number of hydrogen-bond acceptors (Lipinski definition) is 4. The van der Waals surface area contributed by atoms with Crippen molar-refractivity contribution in [2.75, 3.05) is 5.43 Å². The molecule has 0 aliphatic heterocycles. The Morgan fingerprint density at radius 1 is 1.07 bits per heavy atom. The van der Waals surface area contributed by atoms with Gasteiger partial charge in [0.25, 0.3) is 11.5 Å². The Labute approximate surface area is 178 Å². The van der Waals surface area contributed by atoms with Crippen molar-refractivity contribution in [1.29, 1.82) is 0 Å². The molecule has 3 rings (SSSR count). The van der Waals surface area contributed by atoms with Crippen molar-refractivity contribution in [3.8, 4) is 0 Å². The zero-order valence-electron chi connectivity index (χ0n) is 18.4. The Kier molecular flexibility index (Phi) is 5.96. The van der Waals surface area contributed by atoms with Crippen LogP contribution in [0.2, 0.25) is 18.1 Å². The molecule has 0 aliphatic carbocycles. The van der Waals surface area contributed by atoms with Crippen LogP contribution in [0.4, 0.5) is 0 Å². The molecule has 1 N–H and O–H groups in total. The van der Waals surface area contributed by atoms with Gasteiger partial charge in [0, 0.05) is 5.56 Å². The number of para-hydroxylation sites is 1. The molecular weight excluding hydrogens is 394 g/mol. The van der Waals surface area contributed by atoms with Crippen LogP contribution in [-0.2, 0) is 4.43 Å². The Hall–Kier alpha value is -2.77. The maximum absolute atomic E-state index is 13.2. The second-order valence-corrected chi connectivity index (χ2v) is 13.7. The van der Waals surface area contributed by atoms with Gasteiger partial charge in [0.2, 0.25) is 0 Å². The Morgan fingerprint density at radius 2 is 1.67 bits per heavy atom. The number of carbonyl (C=O) groups is 1. The normalized spacial score (nSPS) is 13.3. The second kappa shape index (κ2) is 8.16. The van der Waals surface area contributed by atoms with Crippen LogP contribution in [0, 0.1) is 0 Å². The summed E-state index contributed by atoms with van der Waals surface area (Å²) in [5.74, 6) is 0.00311. The molecule has 0 radical (unpaired) electrons. The van der Waals surface area contributed by atoms with Gasteiger partial charge in [-0.1, -0.05) is 51.1 Å². The van der Waals surface area contributed by atoms with Crippen molar-refractivity contribution in [3.05, 3.63) is 76.3 Å². The molecular formula is C23H29N3O3Si. The van der Waals surface area contributed by atoms with Gasteiger partial charge in [-0.15, -0.1) is 0 Å². The molecule has 0 aliphatic rings. The average molecular weight is 424 g/mol. The molecule has 1 atom stereocenters. The van der Waals surface area contributed by atoms with Crippen LogP contribution >= 0.6 is 0 Å². The highest BCUT2D eigenvalue weighted by molar-refractivity contribution is 6.74. The molecule has 2 aromatic carbocycles. The summed E-state index contributed by atoms with van der Waals surface area (Å²) in [6.45, 7) is 12.6. The summed E-state index contributed by atoms with van der Waals surface area (Å²) in [5, 5.41) is 0.436. The Morgan fingerprint density at radius 3 is 2.30 bits per heavy atom. The summed E-state index contributed by atoms with van der Waals surface area (Å²) >= 11 is 0. The lowest BCUT2D eigenvalue weighted by Gasteiger charge is -2.38. The molecule has 0 spiro atoms. The Bertz CT molecular complexity index is 1120. The van der Waals surface area contributed by atoms with Crippen LogP contribution in [0.25, 0.3) is 10.9 Å². The standard InChI is InChI=1S/C23H29N3O3Si/c1-16(29-30(5,6)23(2,3)4)20-24-19-15-11-10-14-18(19)22(28)26(20)25-21(27)17-12-8-7-9-13-17/h7-16H,1-6H3,(H,25,27)/t16-/m1/s1. The molecule has 158 valence electrons. The van der Waals surface area contributed by atoms with Crippen molar-refractivity contribution in [2.24, 2.45) is 0 Å². The van der Waals surface area contributed by atoms with E-state index in [1.807, 2.05) is 19.1 Å². The van der Waals surface area contributed by atoms with Crippen LogP contribution in [-0.4, -0.2) is 23.9 Å². The maximum Gasteiger partial charge on any atom is 0.280 e. The summed E-state index contributed by atoms with van der Waals surface area (Å²) < 4.78 is 7.72. The first-order valence-electron chi connectivity index (χ1n) is 10.1.